The van der Waals surface area contributed by atoms with E-state index in [1.54, 1.807) is 13.2 Å². The zero-order valence-corrected chi connectivity index (χ0v) is 19.9. The number of phenolic OH excluding ortho intramolecular Hbond substituents is 1. The molecule has 2 aliphatic rings. The third-order valence-corrected chi connectivity index (χ3v) is 7.01. The third kappa shape index (κ3) is 5.13. The summed E-state index contributed by atoms with van der Waals surface area (Å²) in [6, 6.07) is 22.5. The van der Waals surface area contributed by atoms with Crippen molar-refractivity contribution in [3.8, 4) is 17.2 Å². The number of hydrogen-bond donors (Lipinski definition) is 1. The van der Waals surface area contributed by atoms with Crippen molar-refractivity contribution in [2.45, 2.75) is 32.1 Å². The van der Waals surface area contributed by atoms with E-state index in [0.29, 0.717) is 5.75 Å². The van der Waals surface area contributed by atoms with Crippen LogP contribution in [0.15, 0.2) is 66.7 Å². The van der Waals surface area contributed by atoms with Crippen molar-refractivity contribution in [1.82, 2.24) is 4.90 Å². The molecule has 0 saturated carbocycles. The van der Waals surface area contributed by atoms with Gasteiger partial charge in [-0.3, -0.25) is 4.90 Å². The van der Waals surface area contributed by atoms with Crippen molar-refractivity contribution in [1.29, 1.82) is 0 Å². The molecule has 1 fully saturated rings. The van der Waals surface area contributed by atoms with Gasteiger partial charge in [-0.15, -0.1) is 0 Å². The Kier molecular flexibility index (Phi) is 6.87. The smallest absolute Gasteiger partial charge is 0.119 e. The number of ether oxygens (including phenoxy) is 2. The number of phenols is 1. The summed E-state index contributed by atoms with van der Waals surface area (Å²) in [5.41, 5.74) is 7.49. The van der Waals surface area contributed by atoms with Gasteiger partial charge in [-0.25, -0.2) is 0 Å². The highest BCUT2D eigenvalue weighted by Gasteiger charge is 2.23. The van der Waals surface area contributed by atoms with E-state index < -0.39 is 0 Å². The lowest BCUT2D eigenvalue weighted by atomic mass is 9.95. The van der Waals surface area contributed by atoms with Crippen LogP contribution in [0.4, 0.5) is 0 Å². The summed E-state index contributed by atoms with van der Waals surface area (Å²) in [4.78, 5) is 2.50. The first-order valence-corrected chi connectivity index (χ1v) is 12.3. The first kappa shape index (κ1) is 22.5. The van der Waals surface area contributed by atoms with Crippen molar-refractivity contribution < 1.29 is 14.6 Å². The second kappa shape index (κ2) is 10.4. The van der Waals surface area contributed by atoms with Crippen LogP contribution in [0.1, 0.15) is 41.5 Å². The normalized spacial score (nSPS) is 15.9. The Morgan fingerprint density at radius 1 is 0.853 bits per heavy atom. The number of likely N-dealkylation sites (tertiary alicyclic amines) is 1. The molecule has 0 atom stereocenters. The Bertz CT molecular complexity index is 1140. The maximum Gasteiger partial charge on any atom is 0.119 e. The van der Waals surface area contributed by atoms with Crippen molar-refractivity contribution in [2.75, 3.05) is 33.4 Å². The molecule has 34 heavy (non-hydrogen) atoms. The lowest BCUT2D eigenvalue weighted by molar-refractivity contribution is 0.183. The van der Waals surface area contributed by atoms with E-state index in [-0.39, 0.29) is 0 Å². The fourth-order valence-electron chi connectivity index (χ4n) is 5.13. The zero-order valence-electron chi connectivity index (χ0n) is 19.9. The molecule has 4 heteroatoms. The van der Waals surface area contributed by atoms with Gasteiger partial charge in [-0.2, -0.15) is 0 Å². The molecule has 0 unspecified atom stereocenters. The van der Waals surface area contributed by atoms with Gasteiger partial charge in [0.25, 0.3) is 0 Å². The van der Waals surface area contributed by atoms with E-state index in [9.17, 15) is 5.11 Å². The van der Waals surface area contributed by atoms with Gasteiger partial charge >= 0.3 is 0 Å². The van der Waals surface area contributed by atoms with Gasteiger partial charge in [0.1, 0.15) is 23.9 Å². The van der Waals surface area contributed by atoms with Crippen molar-refractivity contribution >= 4 is 11.1 Å². The van der Waals surface area contributed by atoms with Crippen molar-refractivity contribution in [2.24, 2.45) is 0 Å². The lowest BCUT2D eigenvalue weighted by Crippen LogP contribution is -2.33. The van der Waals surface area contributed by atoms with Crippen LogP contribution < -0.4 is 9.47 Å². The van der Waals surface area contributed by atoms with Gasteiger partial charge in [-0.05, 0) is 109 Å². The van der Waals surface area contributed by atoms with E-state index in [1.807, 2.05) is 18.2 Å². The topological polar surface area (TPSA) is 41.9 Å². The Morgan fingerprint density at radius 2 is 1.59 bits per heavy atom. The van der Waals surface area contributed by atoms with Gasteiger partial charge in [0, 0.05) is 6.54 Å². The summed E-state index contributed by atoms with van der Waals surface area (Å²) in [5.74, 6) is 2.11. The average molecular weight is 456 g/mol. The molecule has 0 spiro atoms. The molecule has 3 aromatic carbocycles. The zero-order chi connectivity index (χ0) is 23.3. The highest BCUT2D eigenvalue weighted by atomic mass is 16.5. The third-order valence-electron chi connectivity index (χ3n) is 7.01. The summed E-state index contributed by atoms with van der Waals surface area (Å²) in [5, 5.41) is 10.0. The van der Waals surface area contributed by atoms with E-state index in [1.165, 1.54) is 65.8 Å². The standard InChI is InChI=1S/C30H33NO3/c1-33-26-12-7-23(8-13-26)29-21-24-20-25(32)9-14-28(24)30(29)19-22-5-10-27(11-6-22)34-18-17-31-15-3-2-4-16-31/h5-14,20,32H,2-4,15-19,21H2,1H3. The molecule has 1 aliphatic heterocycles. The number of piperidine rings is 1. The minimum absolute atomic E-state index is 0.320. The van der Waals surface area contributed by atoms with Gasteiger partial charge < -0.3 is 14.6 Å². The highest BCUT2D eigenvalue weighted by Crippen LogP contribution is 2.41. The number of rotatable bonds is 8. The molecular formula is C30H33NO3. The molecule has 0 radical (unpaired) electrons. The number of allylic oxidation sites excluding steroid dienone is 2. The van der Waals surface area contributed by atoms with Gasteiger partial charge in [-0.1, -0.05) is 36.8 Å². The Hall–Kier alpha value is -3.24. The second-order valence-electron chi connectivity index (χ2n) is 9.28. The highest BCUT2D eigenvalue weighted by molar-refractivity contribution is 5.98. The minimum Gasteiger partial charge on any atom is -0.508 e. The quantitative estimate of drug-likeness (QED) is 0.454. The van der Waals surface area contributed by atoms with Gasteiger partial charge in [0.2, 0.25) is 0 Å². The van der Waals surface area contributed by atoms with E-state index >= 15 is 0 Å². The molecular weight excluding hydrogens is 422 g/mol. The average Bonchev–Trinajstić information content (AvgIpc) is 3.23. The van der Waals surface area contributed by atoms with Crippen molar-refractivity contribution in [3.63, 3.8) is 0 Å². The molecule has 3 aromatic rings. The first-order valence-electron chi connectivity index (χ1n) is 12.3. The molecule has 176 valence electrons. The molecule has 4 nitrogen and oxygen atoms in total. The summed E-state index contributed by atoms with van der Waals surface area (Å²) >= 11 is 0. The fourth-order valence-corrected chi connectivity index (χ4v) is 5.13. The largest absolute Gasteiger partial charge is 0.508 e. The van der Waals surface area contributed by atoms with Crippen LogP contribution in [0.2, 0.25) is 0 Å². The predicted molar refractivity (Wildman–Crippen MR) is 138 cm³/mol. The lowest BCUT2D eigenvalue weighted by Gasteiger charge is -2.26. The minimum atomic E-state index is 0.320. The van der Waals surface area contributed by atoms with Crippen LogP contribution in [0.25, 0.3) is 11.1 Å². The summed E-state index contributed by atoms with van der Waals surface area (Å²) < 4.78 is 11.4. The van der Waals surface area contributed by atoms with Crippen LogP contribution in [0.3, 0.4) is 0 Å². The number of benzene rings is 3. The van der Waals surface area contributed by atoms with E-state index in [4.69, 9.17) is 9.47 Å². The van der Waals surface area contributed by atoms with E-state index in [2.05, 4.69) is 47.4 Å². The molecule has 1 aliphatic carbocycles. The number of methoxy groups -OCH3 is 1. The summed E-state index contributed by atoms with van der Waals surface area (Å²) in [6.07, 6.45) is 5.65. The van der Waals surface area contributed by atoms with Crippen LogP contribution >= 0.6 is 0 Å². The summed E-state index contributed by atoms with van der Waals surface area (Å²) in [7, 11) is 1.69. The molecule has 0 bridgehead atoms. The Labute approximate surface area is 202 Å². The Morgan fingerprint density at radius 3 is 2.32 bits per heavy atom. The summed E-state index contributed by atoms with van der Waals surface area (Å²) in [6.45, 7) is 4.15. The monoisotopic (exact) mass is 455 g/mol. The van der Waals surface area contributed by atoms with Crippen LogP contribution in [-0.2, 0) is 12.8 Å². The van der Waals surface area contributed by atoms with Crippen molar-refractivity contribution in [3.05, 3.63) is 89.0 Å². The SMILES string of the molecule is COc1ccc(C2=C(Cc3ccc(OCCN4CCCCC4)cc3)c3ccc(O)cc3C2)cc1. The Balaban J connectivity index is 1.31. The number of nitrogens with zero attached hydrogens (tertiary/aromatic N) is 1. The predicted octanol–water partition coefficient (Wildman–Crippen LogP) is 5.98. The second-order valence-corrected chi connectivity index (χ2v) is 9.28. The first-order chi connectivity index (χ1) is 16.7. The van der Waals surface area contributed by atoms with Gasteiger partial charge in [0.05, 0.1) is 7.11 Å². The number of aromatic hydroxyl groups is 1. The molecule has 1 N–H and O–H groups in total. The fraction of sp³-hybridized carbons (Fsp3) is 0.333. The maximum absolute atomic E-state index is 10.0. The maximum atomic E-state index is 10.0. The molecule has 1 saturated heterocycles. The molecule has 0 aromatic heterocycles. The van der Waals surface area contributed by atoms with Gasteiger partial charge in [0.15, 0.2) is 0 Å². The number of fused-ring (bicyclic) bond motifs is 1. The number of hydrogen-bond acceptors (Lipinski definition) is 4. The van der Waals surface area contributed by atoms with E-state index in [0.717, 1.165) is 37.5 Å². The molecule has 5 rings (SSSR count). The molecule has 1 heterocycles. The van der Waals surface area contributed by atoms with Crippen LogP contribution in [-0.4, -0.2) is 43.4 Å². The van der Waals surface area contributed by atoms with Crippen LogP contribution in [0.5, 0.6) is 17.2 Å². The molecule has 0 amide bonds. The van der Waals surface area contributed by atoms with Crippen LogP contribution in [0, 0.1) is 0 Å².